The molecule has 0 saturated carbocycles. The van der Waals surface area contributed by atoms with Gasteiger partial charge in [-0.15, -0.1) is 0 Å². The summed E-state index contributed by atoms with van der Waals surface area (Å²) >= 11 is 0. The number of rotatable bonds is 7. The Bertz CT molecular complexity index is 1060. The molecule has 1 atom stereocenters. The van der Waals surface area contributed by atoms with Crippen LogP contribution in [-0.2, 0) is 17.5 Å². The third kappa shape index (κ3) is 5.71. The maximum atomic E-state index is 13.4. The predicted octanol–water partition coefficient (Wildman–Crippen LogP) is 4.06. The number of hydrogen-bond acceptors (Lipinski definition) is 6. The van der Waals surface area contributed by atoms with E-state index in [-0.39, 0.29) is 11.9 Å². The molecular weight excluding hydrogens is 421 g/mol. The first-order valence-corrected chi connectivity index (χ1v) is 9.81. The Morgan fingerprint density at radius 2 is 1.81 bits per heavy atom. The molecule has 3 aromatic rings. The molecule has 1 amide bonds. The van der Waals surface area contributed by atoms with Gasteiger partial charge in [0, 0.05) is 38.6 Å². The van der Waals surface area contributed by atoms with Crippen LogP contribution in [0.2, 0.25) is 0 Å². The van der Waals surface area contributed by atoms with E-state index in [4.69, 9.17) is 0 Å². The average molecular weight is 444 g/mol. The van der Waals surface area contributed by atoms with Gasteiger partial charge in [-0.1, -0.05) is 30.3 Å². The fraction of sp³-hybridized carbons (Fsp3) is 0.273. The van der Waals surface area contributed by atoms with Crippen molar-refractivity contribution in [3.63, 3.8) is 0 Å². The lowest BCUT2D eigenvalue weighted by Crippen LogP contribution is -2.37. The van der Waals surface area contributed by atoms with E-state index in [1.54, 1.807) is 6.20 Å². The summed E-state index contributed by atoms with van der Waals surface area (Å²) in [4.78, 5) is 25.4. The number of halogens is 3. The zero-order valence-electron chi connectivity index (χ0n) is 17.8. The number of pyridine rings is 1. The lowest BCUT2D eigenvalue weighted by atomic mass is 10.1. The van der Waals surface area contributed by atoms with Gasteiger partial charge in [0.2, 0.25) is 11.9 Å². The molecule has 0 unspecified atom stereocenters. The molecule has 0 aliphatic carbocycles. The molecule has 0 radical (unpaired) electrons. The number of nitrogens with one attached hydrogen (secondary N) is 2. The summed E-state index contributed by atoms with van der Waals surface area (Å²) in [5.41, 5.74) is 1.64. The SMILES string of the molecule is C[C@@H](Nc1nc(NCc2ccc(-c3ccccn3)cc2)ncc1C(F)(F)F)C(=O)N(C)C. The van der Waals surface area contributed by atoms with Crippen molar-refractivity contribution in [1.29, 1.82) is 0 Å². The molecule has 7 nitrogen and oxygen atoms in total. The van der Waals surface area contributed by atoms with Crippen LogP contribution in [-0.4, -0.2) is 45.9 Å². The third-order valence-electron chi connectivity index (χ3n) is 4.62. The first-order chi connectivity index (χ1) is 15.1. The van der Waals surface area contributed by atoms with E-state index >= 15 is 0 Å². The maximum absolute atomic E-state index is 13.4. The maximum Gasteiger partial charge on any atom is 0.421 e. The zero-order valence-corrected chi connectivity index (χ0v) is 17.8. The number of hydrogen-bond donors (Lipinski definition) is 2. The van der Waals surface area contributed by atoms with Crippen molar-refractivity contribution in [3.8, 4) is 11.3 Å². The number of carbonyl (C=O) groups excluding carboxylic acids is 1. The van der Waals surface area contributed by atoms with Gasteiger partial charge in [-0.25, -0.2) is 4.98 Å². The van der Waals surface area contributed by atoms with Crippen molar-refractivity contribution in [2.75, 3.05) is 24.7 Å². The number of amides is 1. The highest BCUT2D eigenvalue weighted by molar-refractivity contribution is 5.83. The fourth-order valence-electron chi connectivity index (χ4n) is 2.95. The molecule has 1 aromatic carbocycles. The van der Waals surface area contributed by atoms with Crippen molar-refractivity contribution in [2.45, 2.75) is 25.7 Å². The second-order valence-corrected chi connectivity index (χ2v) is 7.32. The third-order valence-corrected chi connectivity index (χ3v) is 4.62. The highest BCUT2D eigenvalue weighted by atomic mass is 19.4. The van der Waals surface area contributed by atoms with E-state index in [1.165, 1.54) is 25.9 Å². The molecule has 0 bridgehead atoms. The van der Waals surface area contributed by atoms with Crippen molar-refractivity contribution in [1.82, 2.24) is 19.9 Å². The molecule has 2 N–H and O–H groups in total. The number of likely N-dealkylation sites (N-methyl/N-ethyl adjacent to an activating group) is 1. The molecule has 0 saturated heterocycles. The standard InChI is InChI=1S/C22H23F3N6O/c1-14(20(32)31(2)3)29-19-17(22(23,24)25)13-28-21(30-19)27-12-15-7-9-16(10-8-15)18-6-4-5-11-26-18/h4-11,13-14H,12H2,1-3H3,(H2,27,28,29,30)/t14-/m1/s1. The molecule has 2 heterocycles. The van der Waals surface area contributed by atoms with Crippen LogP contribution < -0.4 is 10.6 Å². The molecule has 0 aliphatic heterocycles. The quantitative estimate of drug-likeness (QED) is 0.572. The monoisotopic (exact) mass is 444 g/mol. The van der Waals surface area contributed by atoms with Gasteiger partial charge in [0.25, 0.3) is 0 Å². The van der Waals surface area contributed by atoms with E-state index < -0.39 is 23.6 Å². The Morgan fingerprint density at radius 3 is 2.41 bits per heavy atom. The number of benzene rings is 1. The highest BCUT2D eigenvalue weighted by Gasteiger charge is 2.36. The topological polar surface area (TPSA) is 83.0 Å². The van der Waals surface area contributed by atoms with Crippen LogP contribution in [0.3, 0.4) is 0 Å². The number of nitrogens with zero attached hydrogens (tertiary/aromatic N) is 4. The minimum atomic E-state index is -4.66. The van der Waals surface area contributed by atoms with Crippen LogP contribution in [0.5, 0.6) is 0 Å². The molecular formula is C22H23F3N6O. The molecule has 2 aromatic heterocycles. The van der Waals surface area contributed by atoms with Gasteiger partial charge in [0.1, 0.15) is 17.4 Å². The molecule has 168 valence electrons. The first-order valence-electron chi connectivity index (χ1n) is 9.81. The molecule has 10 heteroatoms. The van der Waals surface area contributed by atoms with Gasteiger partial charge >= 0.3 is 6.18 Å². The van der Waals surface area contributed by atoms with Crippen molar-refractivity contribution in [3.05, 3.63) is 66.0 Å². The Labute approximate surface area is 183 Å². The summed E-state index contributed by atoms with van der Waals surface area (Å²) in [7, 11) is 3.05. The van der Waals surface area contributed by atoms with Gasteiger partial charge in [-0.2, -0.15) is 18.2 Å². The molecule has 3 rings (SSSR count). The van der Waals surface area contributed by atoms with Gasteiger partial charge in [0.05, 0.1) is 5.69 Å². The molecule has 32 heavy (non-hydrogen) atoms. The lowest BCUT2D eigenvalue weighted by Gasteiger charge is -2.21. The first kappa shape index (κ1) is 23.0. The van der Waals surface area contributed by atoms with Crippen LogP contribution in [0.15, 0.2) is 54.9 Å². The fourth-order valence-corrected chi connectivity index (χ4v) is 2.95. The van der Waals surface area contributed by atoms with Gasteiger partial charge in [-0.05, 0) is 24.6 Å². The number of carbonyl (C=O) groups is 1. The minimum absolute atomic E-state index is 0.0128. The van der Waals surface area contributed by atoms with Crippen LogP contribution in [0, 0.1) is 0 Å². The summed E-state index contributed by atoms with van der Waals surface area (Å²) in [5.74, 6) is -0.818. The number of aromatic nitrogens is 3. The Hall–Kier alpha value is -3.69. The summed E-state index contributed by atoms with van der Waals surface area (Å²) in [6.45, 7) is 1.78. The Morgan fingerprint density at radius 1 is 1.09 bits per heavy atom. The van der Waals surface area contributed by atoms with Crippen molar-refractivity contribution in [2.24, 2.45) is 0 Å². The number of alkyl halides is 3. The van der Waals surface area contributed by atoms with Crippen LogP contribution >= 0.6 is 0 Å². The van der Waals surface area contributed by atoms with E-state index in [2.05, 4.69) is 25.6 Å². The van der Waals surface area contributed by atoms with Crippen molar-refractivity contribution >= 4 is 17.7 Å². The van der Waals surface area contributed by atoms with E-state index in [0.29, 0.717) is 12.7 Å². The minimum Gasteiger partial charge on any atom is -0.358 e. The predicted molar refractivity (Wildman–Crippen MR) is 116 cm³/mol. The summed E-state index contributed by atoms with van der Waals surface area (Å²) < 4.78 is 40.1. The van der Waals surface area contributed by atoms with Crippen LogP contribution in [0.4, 0.5) is 24.9 Å². The second kappa shape index (κ2) is 9.63. The molecule has 0 aliphatic rings. The lowest BCUT2D eigenvalue weighted by molar-refractivity contribution is -0.137. The highest BCUT2D eigenvalue weighted by Crippen LogP contribution is 2.34. The molecule has 0 fully saturated rings. The second-order valence-electron chi connectivity index (χ2n) is 7.32. The Kier molecular flexibility index (Phi) is 6.92. The van der Waals surface area contributed by atoms with E-state index in [9.17, 15) is 18.0 Å². The summed E-state index contributed by atoms with van der Waals surface area (Å²) in [5, 5.41) is 5.48. The smallest absolute Gasteiger partial charge is 0.358 e. The van der Waals surface area contributed by atoms with Crippen molar-refractivity contribution < 1.29 is 18.0 Å². The molecule has 0 spiro atoms. The Balaban J connectivity index is 1.74. The zero-order chi connectivity index (χ0) is 23.3. The van der Waals surface area contributed by atoms with Crippen LogP contribution in [0.1, 0.15) is 18.1 Å². The van der Waals surface area contributed by atoms with Gasteiger partial charge in [0.15, 0.2) is 0 Å². The largest absolute Gasteiger partial charge is 0.421 e. The number of anilines is 2. The average Bonchev–Trinajstić information content (AvgIpc) is 2.77. The van der Waals surface area contributed by atoms with Gasteiger partial charge < -0.3 is 15.5 Å². The summed E-state index contributed by atoms with van der Waals surface area (Å²) in [6, 6.07) is 12.3. The van der Waals surface area contributed by atoms with E-state index in [0.717, 1.165) is 16.8 Å². The normalized spacial score (nSPS) is 12.2. The summed E-state index contributed by atoms with van der Waals surface area (Å²) in [6.07, 6.45) is -2.25. The van der Waals surface area contributed by atoms with Gasteiger partial charge in [-0.3, -0.25) is 9.78 Å². The van der Waals surface area contributed by atoms with E-state index in [1.807, 2.05) is 42.5 Å². The van der Waals surface area contributed by atoms with Crippen LogP contribution in [0.25, 0.3) is 11.3 Å².